The molecule has 10 heteroatoms. The van der Waals surface area contributed by atoms with E-state index in [1.807, 2.05) is 0 Å². The summed E-state index contributed by atoms with van der Waals surface area (Å²) in [6.45, 7) is 7.07. The molecular formula is C30H26O10. The van der Waals surface area contributed by atoms with Crippen molar-refractivity contribution in [3.05, 3.63) is 109 Å². The Balaban J connectivity index is 1.44. The zero-order chi connectivity index (χ0) is 28.7. The van der Waals surface area contributed by atoms with Gasteiger partial charge in [-0.05, 0) is 72.8 Å². The molecule has 206 valence electrons. The molecule has 0 bridgehead atoms. The second-order valence-electron chi connectivity index (χ2n) is 7.74. The van der Waals surface area contributed by atoms with E-state index in [9.17, 15) is 19.2 Å². The molecule has 3 aromatic carbocycles. The van der Waals surface area contributed by atoms with Crippen molar-refractivity contribution in [2.45, 2.75) is 0 Å². The maximum Gasteiger partial charge on any atom is 0.343 e. The number of hydrogen-bond acceptors (Lipinski definition) is 10. The van der Waals surface area contributed by atoms with Gasteiger partial charge in [0.25, 0.3) is 0 Å². The maximum absolute atomic E-state index is 12.5. The van der Waals surface area contributed by atoms with Crippen LogP contribution in [0, 0.1) is 0 Å². The minimum atomic E-state index is -0.611. The van der Waals surface area contributed by atoms with Gasteiger partial charge in [-0.15, -0.1) is 0 Å². The molecule has 0 aromatic heterocycles. The molecule has 3 rings (SSSR count). The molecule has 0 heterocycles. The van der Waals surface area contributed by atoms with E-state index >= 15 is 0 Å². The Bertz CT molecular complexity index is 1220. The predicted molar refractivity (Wildman–Crippen MR) is 143 cm³/mol. The van der Waals surface area contributed by atoms with Crippen molar-refractivity contribution < 1.29 is 47.6 Å². The fourth-order valence-electron chi connectivity index (χ4n) is 3.00. The number of carbonyl (C=O) groups is 4. The molecule has 0 saturated heterocycles. The maximum atomic E-state index is 12.5. The van der Waals surface area contributed by atoms with Crippen LogP contribution in [-0.4, -0.2) is 50.3 Å². The minimum Gasteiger partial charge on any atom is -0.490 e. The highest BCUT2D eigenvalue weighted by Crippen LogP contribution is 2.21. The van der Waals surface area contributed by atoms with Gasteiger partial charge < -0.3 is 28.4 Å². The Morgan fingerprint density at radius 2 is 0.825 bits per heavy atom. The van der Waals surface area contributed by atoms with Gasteiger partial charge in [0, 0.05) is 12.2 Å². The number of esters is 4. The van der Waals surface area contributed by atoms with Crippen LogP contribution >= 0.6 is 0 Å². The Morgan fingerprint density at radius 1 is 0.500 bits per heavy atom. The molecule has 0 N–H and O–H groups in total. The summed E-state index contributed by atoms with van der Waals surface area (Å²) in [6, 6.07) is 18.5. The van der Waals surface area contributed by atoms with Crippen LogP contribution in [0.1, 0.15) is 20.7 Å². The zero-order valence-electron chi connectivity index (χ0n) is 21.4. The number of rotatable bonds is 14. The third kappa shape index (κ3) is 9.49. The van der Waals surface area contributed by atoms with E-state index < -0.39 is 23.9 Å². The fourth-order valence-corrected chi connectivity index (χ4v) is 3.00. The molecule has 0 spiro atoms. The van der Waals surface area contributed by atoms with Crippen LogP contribution in [-0.2, 0) is 19.1 Å². The molecule has 0 fully saturated rings. The molecule has 0 saturated carbocycles. The lowest BCUT2D eigenvalue weighted by Gasteiger charge is -2.09. The Labute approximate surface area is 230 Å². The molecule has 3 aromatic rings. The van der Waals surface area contributed by atoms with Gasteiger partial charge in [-0.3, -0.25) is 0 Å². The molecular weight excluding hydrogens is 520 g/mol. The van der Waals surface area contributed by atoms with Gasteiger partial charge >= 0.3 is 23.9 Å². The van der Waals surface area contributed by atoms with Crippen LogP contribution in [0.5, 0.6) is 23.0 Å². The highest BCUT2D eigenvalue weighted by molar-refractivity contribution is 5.94. The average Bonchev–Trinajstić information content (AvgIpc) is 2.98. The lowest BCUT2D eigenvalue weighted by molar-refractivity contribution is -0.139. The molecule has 0 aliphatic heterocycles. The summed E-state index contributed by atoms with van der Waals surface area (Å²) in [6.07, 6.45) is 2.13. The van der Waals surface area contributed by atoms with Gasteiger partial charge in [-0.25, -0.2) is 19.2 Å². The van der Waals surface area contributed by atoms with Gasteiger partial charge in [0.05, 0.1) is 11.1 Å². The van der Waals surface area contributed by atoms with Gasteiger partial charge in [0.1, 0.15) is 49.4 Å². The Kier molecular flexibility index (Phi) is 11.0. The summed E-state index contributed by atoms with van der Waals surface area (Å²) >= 11 is 0. The first-order valence-corrected chi connectivity index (χ1v) is 12.0. The molecule has 0 aliphatic carbocycles. The van der Waals surface area contributed by atoms with Crippen LogP contribution in [0.2, 0.25) is 0 Å². The molecule has 40 heavy (non-hydrogen) atoms. The summed E-state index contributed by atoms with van der Waals surface area (Å²) in [5, 5.41) is 0. The van der Waals surface area contributed by atoms with Crippen molar-refractivity contribution in [2.24, 2.45) is 0 Å². The number of benzene rings is 3. The molecule has 0 radical (unpaired) electrons. The van der Waals surface area contributed by atoms with Crippen LogP contribution in [0.15, 0.2) is 98.1 Å². The van der Waals surface area contributed by atoms with E-state index in [1.165, 1.54) is 24.3 Å². The average molecular weight is 547 g/mol. The summed E-state index contributed by atoms with van der Waals surface area (Å²) in [5.74, 6) is -0.684. The van der Waals surface area contributed by atoms with E-state index in [4.69, 9.17) is 28.4 Å². The first-order chi connectivity index (χ1) is 19.4. The van der Waals surface area contributed by atoms with Gasteiger partial charge in [-0.2, -0.15) is 0 Å². The quantitative estimate of drug-likeness (QED) is 0.125. The summed E-state index contributed by atoms with van der Waals surface area (Å²) in [5.41, 5.74) is 0.474. The van der Waals surface area contributed by atoms with Crippen molar-refractivity contribution in [1.82, 2.24) is 0 Å². The molecule has 10 nitrogen and oxygen atoms in total. The molecule has 0 atom stereocenters. The third-order valence-electron chi connectivity index (χ3n) is 4.95. The van der Waals surface area contributed by atoms with Crippen molar-refractivity contribution in [2.75, 3.05) is 26.4 Å². The monoisotopic (exact) mass is 546 g/mol. The van der Waals surface area contributed by atoms with Crippen molar-refractivity contribution in [1.29, 1.82) is 0 Å². The molecule has 0 aliphatic rings. The van der Waals surface area contributed by atoms with Crippen LogP contribution < -0.4 is 18.9 Å². The van der Waals surface area contributed by atoms with Gasteiger partial charge in [0.2, 0.25) is 0 Å². The standard InChI is InChI=1S/C30H26O10/c1-3-27(31)37-19-17-35-23-9-13-25(14-10-23)39-29(33)21-5-7-22(8-6-21)30(34)40-26-15-11-24(12-16-26)36-18-20-38-28(32)4-2/h3-16H,1-2,17-20H2. The van der Waals surface area contributed by atoms with Crippen LogP contribution in [0.4, 0.5) is 0 Å². The number of carbonyl (C=O) groups excluding carboxylic acids is 4. The van der Waals surface area contributed by atoms with Crippen molar-refractivity contribution >= 4 is 23.9 Å². The highest BCUT2D eigenvalue weighted by atomic mass is 16.6. The topological polar surface area (TPSA) is 124 Å². The normalized spacial score (nSPS) is 10.0. The third-order valence-corrected chi connectivity index (χ3v) is 4.95. The largest absolute Gasteiger partial charge is 0.490 e. The van der Waals surface area contributed by atoms with Gasteiger partial charge in [0.15, 0.2) is 0 Å². The number of hydrogen-bond donors (Lipinski definition) is 0. The second-order valence-corrected chi connectivity index (χ2v) is 7.74. The van der Waals surface area contributed by atoms with Gasteiger partial charge in [-0.1, -0.05) is 13.2 Å². The van der Waals surface area contributed by atoms with E-state index in [0.29, 0.717) is 23.0 Å². The Morgan fingerprint density at radius 3 is 1.15 bits per heavy atom. The molecule has 0 unspecified atom stereocenters. The SMILES string of the molecule is C=CC(=O)OCCOc1ccc(OC(=O)c2ccc(C(=O)Oc3ccc(OCCOC(=O)C=C)cc3)cc2)cc1. The smallest absolute Gasteiger partial charge is 0.343 e. The van der Waals surface area contributed by atoms with E-state index in [1.54, 1.807) is 48.5 Å². The number of ether oxygens (including phenoxy) is 6. The van der Waals surface area contributed by atoms with E-state index in [-0.39, 0.29) is 37.6 Å². The first kappa shape index (κ1) is 29.2. The lowest BCUT2D eigenvalue weighted by Crippen LogP contribution is -2.11. The first-order valence-electron chi connectivity index (χ1n) is 12.0. The summed E-state index contributed by atoms with van der Waals surface area (Å²) in [7, 11) is 0. The fraction of sp³-hybridized carbons (Fsp3) is 0.133. The van der Waals surface area contributed by atoms with Crippen molar-refractivity contribution in [3.8, 4) is 23.0 Å². The highest BCUT2D eigenvalue weighted by Gasteiger charge is 2.13. The molecule has 0 amide bonds. The summed E-state index contributed by atoms with van der Waals surface area (Å²) in [4.78, 5) is 47.0. The lowest BCUT2D eigenvalue weighted by atomic mass is 10.1. The predicted octanol–water partition coefficient (Wildman–Crippen LogP) is 4.34. The van der Waals surface area contributed by atoms with Crippen LogP contribution in [0.3, 0.4) is 0 Å². The minimum absolute atomic E-state index is 0.0738. The second kappa shape index (κ2) is 15.1. The van der Waals surface area contributed by atoms with Crippen molar-refractivity contribution in [3.63, 3.8) is 0 Å². The van der Waals surface area contributed by atoms with E-state index in [0.717, 1.165) is 12.2 Å². The summed E-state index contributed by atoms with van der Waals surface area (Å²) < 4.78 is 31.2. The Hall–Kier alpha value is -5.38. The van der Waals surface area contributed by atoms with E-state index in [2.05, 4.69) is 13.2 Å². The van der Waals surface area contributed by atoms with Crippen LogP contribution in [0.25, 0.3) is 0 Å². The zero-order valence-corrected chi connectivity index (χ0v) is 21.4.